The van der Waals surface area contributed by atoms with Gasteiger partial charge in [0, 0.05) is 28.1 Å². The van der Waals surface area contributed by atoms with Crippen LogP contribution < -0.4 is 4.90 Å². The zero-order valence-corrected chi connectivity index (χ0v) is 19.3. The molecule has 4 rings (SSSR count). The summed E-state index contributed by atoms with van der Waals surface area (Å²) >= 11 is 14.3. The molecule has 2 aromatic rings. The number of thioether (sulfide) groups is 1. The Bertz CT molecular complexity index is 1080. The molecule has 1 amide bonds. The van der Waals surface area contributed by atoms with E-state index in [9.17, 15) is 10.1 Å². The first-order chi connectivity index (χ1) is 14.3. The number of amides is 1. The fraction of sp³-hybridized carbons (Fsp3) is 0.304. The average molecular weight is 458 g/mol. The molecule has 2 aromatic carbocycles. The van der Waals surface area contributed by atoms with Crippen LogP contribution in [0.2, 0.25) is 10.0 Å². The molecule has 1 saturated heterocycles. The normalized spacial score (nSPS) is 19.1. The summed E-state index contributed by atoms with van der Waals surface area (Å²) < 4.78 is 0. The summed E-state index contributed by atoms with van der Waals surface area (Å²) in [5.41, 5.74) is 5.96. The number of nitriles is 1. The molecule has 1 atom stereocenters. The van der Waals surface area contributed by atoms with Crippen LogP contribution in [0.5, 0.6) is 0 Å². The Morgan fingerprint density at radius 3 is 2.37 bits per heavy atom. The van der Waals surface area contributed by atoms with Gasteiger partial charge >= 0.3 is 0 Å². The summed E-state index contributed by atoms with van der Waals surface area (Å²) in [7, 11) is 0. The molecule has 30 heavy (non-hydrogen) atoms. The largest absolute Gasteiger partial charge is 0.343 e. The SMILES string of the molecule is Cc1cc(C)c(N2CSC3=C(C#N)[C@@H](c4c(Cl)cccc4Cl)CC(=O)N3C2)c(C)c1. The van der Waals surface area contributed by atoms with Gasteiger partial charge in [-0.05, 0) is 49.6 Å². The second kappa shape index (κ2) is 8.19. The molecule has 0 spiro atoms. The van der Waals surface area contributed by atoms with Gasteiger partial charge in [0.25, 0.3) is 0 Å². The highest BCUT2D eigenvalue weighted by molar-refractivity contribution is 8.03. The highest BCUT2D eigenvalue weighted by atomic mass is 35.5. The first kappa shape index (κ1) is 21.1. The third-order valence-electron chi connectivity index (χ3n) is 5.59. The Morgan fingerprint density at radius 1 is 1.13 bits per heavy atom. The van der Waals surface area contributed by atoms with Crippen molar-refractivity contribution in [3.05, 3.63) is 73.2 Å². The zero-order chi connectivity index (χ0) is 21.6. The average Bonchev–Trinajstić information content (AvgIpc) is 2.67. The van der Waals surface area contributed by atoms with E-state index in [-0.39, 0.29) is 12.3 Å². The minimum absolute atomic E-state index is 0.0235. The van der Waals surface area contributed by atoms with Crippen molar-refractivity contribution in [1.82, 2.24) is 4.90 Å². The molecule has 2 aliphatic heterocycles. The number of benzene rings is 2. The predicted molar refractivity (Wildman–Crippen MR) is 124 cm³/mol. The number of aryl methyl sites for hydroxylation is 3. The summed E-state index contributed by atoms with van der Waals surface area (Å²) in [6, 6.07) is 11.9. The number of carbonyl (C=O) groups excluding carboxylic acids is 1. The highest BCUT2D eigenvalue weighted by Crippen LogP contribution is 2.46. The van der Waals surface area contributed by atoms with Crippen LogP contribution in [0.15, 0.2) is 40.9 Å². The Kier molecular flexibility index (Phi) is 5.76. The van der Waals surface area contributed by atoms with Crippen molar-refractivity contribution in [2.24, 2.45) is 0 Å². The second-order valence-electron chi connectivity index (χ2n) is 7.75. The molecule has 0 aliphatic carbocycles. The van der Waals surface area contributed by atoms with E-state index < -0.39 is 5.92 Å². The number of anilines is 1. The maximum Gasteiger partial charge on any atom is 0.229 e. The molecule has 0 saturated carbocycles. The molecule has 0 N–H and O–H groups in total. The van der Waals surface area contributed by atoms with Crippen molar-refractivity contribution >= 4 is 46.6 Å². The number of fused-ring (bicyclic) bond motifs is 1. The zero-order valence-electron chi connectivity index (χ0n) is 17.0. The molecule has 0 unspecified atom stereocenters. The van der Waals surface area contributed by atoms with Gasteiger partial charge in [0.1, 0.15) is 0 Å². The summed E-state index contributed by atoms with van der Waals surface area (Å²) in [6.45, 7) is 6.71. The van der Waals surface area contributed by atoms with E-state index in [1.165, 1.54) is 28.5 Å². The number of hydrogen-bond donors (Lipinski definition) is 0. The molecule has 0 bridgehead atoms. The first-order valence-corrected chi connectivity index (χ1v) is 11.4. The number of hydrogen-bond acceptors (Lipinski definition) is 4. The minimum atomic E-state index is -0.420. The van der Waals surface area contributed by atoms with Crippen molar-refractivity contribution in [2.75, 3.05) is 17.4 Å². The molecule has 4 nitrogen and oxygen atoms in total. The lowest BCUT2D eigenvalue weighted by atomic mass is 9.86. The lowest BCUT2D eigenvalue weighted by Gasteiger charge is -2.43. The molecule has 2 aliphatic rings. The van der Waals surface area contributed by atoms with Gasteiger partial charge in [0.15, 0.2) is 0 Å². The molecule has 0 aromatic heterocycles. The van der Waals surface area contributed by atoms with Gasteiger partial charge in [0.05, 0.1) is 29.2 Å². The van der Waals surface area contributed by atoms with Crippen molar-refractivity contribution < 1.29 is 4.79 Å². The number of nitrogens with zero attached hydrogens (tertiary/aromatic N) is 3. The van der Waals surface area contributed by atoms with Crippen LogP contribution in [-0.4, -0.2) is 23.4 Å². The Hall–Kier alpha value is -2.13. The van der Waals surface area contributed by atoms with Gasteiger partial charge in [-0.2, -0.15) is 5.26 Å². The van der Waals surface area contributed by atoms with Crippen LogP contribution >= 0.6 is 35.0 Å². The maximum absolute atomic E-state index is 13.2. The fourth-order valence-electron chi connectivity index (χ4n) is 4.47. The predicted octanol–water partition coefficient (Wildman–Crippen LogP) is 6.14. The second-order valence-corrected chi connectivity index (χ2v) is 9.49. The first-order valence-electron chi connectivity index (χ1n) is 9.66. The van der Waals surface area contributed by atoms with E-state index >= 15 is 0 Å². The lowest BCUT2D eigenvalue weighted by molar-refractivity contribution is -0.129. The monoisotopic (exact) mass is 457 g/mol. The van der Waals surface area contributed by atoms with Crippen molar-refractivity contribution in [2.45, 2.75) is 33.1 Å². The lowest BCUT2D eigenvalue weighted by Crippen LogP contribution is -2.47. The maximum atomic E-state index is 13.2. The van der Waals surface area contributed by atoms with Gasteiger partial charge in [0.2, 0.25) is 5.91 Å². The van der Waals surface area contributed by atoms with E-state index in [1.807, 2.05) is 0 Å². The van der Waals surface area contributed by atoms with Crippen molar-refractivity contribution in [3.63, 3.8) is 0 Å². The summed E-state index contributed by atoms with van der Waals surface area (Å²) in [6.07, 6.45) is 0.177. The van der Waals surface area contributed by atoms with Crippen LogP contribution in [0, 0.1) is 32.1 Å². The standard InChI is InChI=1S/C23H21Cl2N3OS/c1-13-7-14(2)22(15(3)8-13)27-11-28-20(29)9-16(17(10-26)23(28)30-12-27)21-18(24)5-4-6-19(21)25/h4-8,16H,9,11-12H2,1-3H3/t16-/m0/s1. The van der Waals surface area contributed by atoms with Crippen LogP contribution in [0.3, 0.4) is 0 Å². The number of carbonyl (C=O) groups is 1. The minimum Gasteiger partial charge on any atom is -0.343 e. The Morgan fingerprint density at radius 2 is 1.77 bits per heavy atom. The number of halogens is 2. The summed E-state index contributed by atoms with van der Waals surface area (Å²) in [5.74, 6) is 0.222. The van der Waals surface area contributed by atoms with Crippen LogP contribution in [-0.2, 0) is 4.79 Å². The smallest absolute Gasteiger partial charge is 0.229 e. The Balaban J connectivity index is 1.73. The van der Waals surface area contributed by atoms with E-state index in [4.69, 9.17) is 23.2 Å². The molecule has 7 heteroatoms. The van der Waals surface area contributed by atoms with Gasteiger partial charge in [-0.3, -0.25) is 9.69 Å². The van der Waals surface area contributed by atoms with Gasteiger partial charge < -0.3 is 4.90 Å². The van der Waals surface area contributed by atoms with Gasteiger partial charge in [-0.15, -0.1) is 0 Å². The van der Waals surface area contributed by atoms with E-state index in [0.717, 1.165) is 5.69 Å². The Labute approximate surface area is 191 Å². The number of allylic oxidation sites excluding steroid dienone is 1. The quantitative estimate of drug-likeness (QED) is 0.543. The molecular formula is C23H21Cl2N3OS. The van der Waals surface area contributed by atoms with Crippen LogP contribution in [0.1, 0.15) is 34.6 Å². The van der Waals surface area contributed by atoms with Crippen LogP contribution in [0.25, 0.3) is 0 Å². The fourth-order valence-corrected chi connectivity index (χ4v) is 6.27. The molecule has 154 valence electrons. The van der Waals surface area contributed by atoms with E-state index in [1.54, 1.807) is 23.1 Å². The van der Waals surface area contributed by atoms with E-state index in [0.29, 0.717) is 38.8 Å². The van der Waals surface area contributed by atoms with Crippen LogP contribution in [0.4, 0.5) is 5.69 Å². The third kappa shape index (κ3) is 3.58. The molecule has 0 radical (unpaired) electrons. The van der Waals surface area contributed by atoms with Gasteiger partial charge in [-0.25, -0.2) is 0 Å². The summed E-state index contributed by atoms with van der Waals surface area (Å²) in [5, 5.41) is 11.7. The molecule has 2 heterocycles. The van der Waals surface area contributed by atoms with Gasteiger partial charge in [-0.1, -0.05) is 58.7 Å². The molecular weight excluding hydrogens is 437 g/mol. The molecule has 1 fully saturated rings. The number of rotatable bonds is 2. The topological polar surface area (TPSA) is 47.3 Å². The summed E-state index contributed by atoms with van der Waals surface area (Å²) in [4.78, 5) is 17.1. The highest BCUT2D eigenvalue weighted by Gasteiger charge is 2.40. The van der Waals surface area contributed by atoms with E-state index in [2.05, 4.69) is 43.9 Å². The third-order valence-corrected chi connectivity index (χ3v) is 7.41. The van der Waals surface area contributed by atoms with Crippen molar-refractivity contribution in [1.29, 1.82) is 5.26 Å². The van der Waals surface area contributed by atoms with Crippen molar-refractivity contribution in [3.8, 4) is 6.07 Å².